The van der Waals surface area contributed by atoms with Gasteiger partial charge in [0.25, 0.3) is 15.7 Å². The van der Waals surface area contributed by atoms with Crippen molar-refractivity contribution < 1.29 is 22.8 Å². The summed E-state index contributed by atoms with van der Waals surface area (Å²) in [6.45, 7) is 1.50. The smallest absolute Gasteiger partial charge is 0.276 e. The van der Waals surface area contributed by atoms with Gasteiger partial charge in [0, 0.05) is 11.6 Å². The van der Waals surface area contributed by atoms with Crippen LogP contribution in [0.25, 0.3) is 0 Å². The number of nitrogens with zero attached hydrogens (tertiary/aromatic N) is 2. The van der Waals surface area contributed by atoms with E-state index < -0.39 is 14.9 Å². The Bertz CT molecular complexity index is 1110. The number of methoxy groups -OCH3 is 1. The number of ether oxygens (including phenoxy) is 2. The number of hydrogen-bond donors (Lipinski definition) is 1. The molecule has 0 amide bonds. The first-order valence-corrected chi connectivity index (χ1v) is 9.79. The van der Waals surface area contributed by atoms with Crippen molar-refractivity contribution in [2.45, 2.75) is 11.8 Å². The second-order valence-corrected chi connectivity index (χ2v) is 7.65. The molecular weight excluding hydrogens is 422 g/mol. The first kappa shape index (κ1) is 22.0. The minimum Gasteiger partial charge on any atom is -0.493 e. The van der Waals surface area contributed by atoms with Crippen LogP contribution < -0.4 is 14.3 Å². The molecule has 2 aromatic carbocycles. The van der Waals surface area contributed by atoms with E-state index in [9.17, 15) is 18.5 Å². The number of rotatable bonds is 8. The maximum absolute atomic E-state index is 12.3. The van der Waals surface area contributed by atoms with Crippen LogP contribution in [0.2, 0.25) is 5.02 Å². The summed E-state index contributed by atoms with van der Waals surface area (Å²) in [5, 5.41) is 14.9. The average molecular weight is 438 g/mol. The SMILES string of the molecule is C#CCOc1c(Cl)cc(C=NNS(=O)(=O)c2ccc(C)c([N+](=O)[O-])c2)cc1OC. The van der Waals surface area contributed by atoms with Crippen LogP contribution in [0.5, 0.6) is 11.5 Å². The molecule has 1 N–H and O–H groups in total. The van der Waals surface area contributed by atoms with Crippen LogP contribution in [0.1, 0.15) is 11.1 Å². The third-order valence-corrected chi connectivity index (χ3v) is 5.13. The summed E-state index contributed by atoms with van der Waals surface area (Å²) in [5.74, 6) is 2.84. The lowest BCUT2D eigenvalue weighted by Gasteiger charge is -2.11. The Morgan fingerprint density at radius 2 is 2.10 bits per heavy atom. The van der Waals surface area contributed by atoms with Gasteiger partial charge in [0.15, 0.2) is 11.5 Å². The molecule has 0 aliphatic rings. The lowest BCUT2D eigenvalue weighted by atomic mass is 10.2. The Balaban J connectivity index is 2.25. The van der Waals surface area contributed by atoms with E-state index in [0.29, 0.717) is 11.1 Å². The Labute approximate surface area is 172 Å². The number of nitro benzene ring substituents is 1. The topological polar surface area (TPSA) is 120 Å². The van der Waals surface area contributed by atoms with Gasteiger partial charge in [-0.3, -0.25) is 10.1 Å². The van der Waals surface area contributed by atoms with Crippen molar-refractivity contribution in [3.05, 3.63) is 56.6 Å². The second-order valence-electron chi connectivity index (χ2n) is 5.59. The molecule has 0 aliphatic heterocycles. The van der Waals surface area contributed by atoms with Gasteiger partial charge in [-0.15, -0.1) is 6.42 Å². The molecule has 0 atom stereocenters. The van der Waals surface area contributed by atoms with Gasteiger partial charge in [-0.2, -0.15) is 13.5 Å². The first-order chi connectivity index (χ1) is 13.7. The molecule has 0 spiro atoms. The fraction of sp³-hybridized carbons (Fsp3) is 0.167. The Morgan fingerprint density at radius 1 is 1.38 bits per heavy atom. The minimum absolute atomic E-state index is 0.00793. The Hall–Kier alpha value is -3.29. The zero-order valence-corrected chi connectivity index (χ0v) is 17.0. The van der Waals surface area contributed by atoms with E-state index in [4.69, 9.17) is 27.5 Å². The van der Waals surface area contributed by atoms with Gasteiger partial charge in [-0.1, -0.05) is 23.6 Å². The summed E-state index contributed by atoms with van der Waals surface area (Å²) in [5.41, 5.74) is 0.444. The van der Waals surface area contributed by atoms with Crippen LogP contribution >= 0.6 is 11.6 Å². The molecule has 0 bridgehead atoms. The molecule has 0 unspecified atom stereocenters. The van der Waals surface area contributed by atoms with Crippen LogP contribution in [-0.4, -0.2) is 33.3 Å². The van der Waals surface area contributed by atoms with Gasteiger partial charge in [-0.05, 0) is 30.7 Å². The first-order valence-electron chi connectivity index (χ1n) is 7.93. The van der Waals surface area contributed by atoms with E-state index in [-0.39, 0.29) is 33.7 Å². The molecule has 0 radical (unpaired) electrons. The van der Waals surface area contributed by atoms with Gasteiger partial charge in [0.1, 0.15) is 6.61 Å². The van der Waals surface area contributed by atoms with Crippen molar-refractivity contribution >= 4 is 33.5 Å². The number of hydrogen-bond acceptors (Lipinski definition) is 7. The van der Waals surface area contributed by atoms with Crippen LogP contribution in [0, 0.1) is 29.4 Å². The van der Waals surface area contributed by atoms with Crippen molar-refractivity contribution in [1.29, 1.82) is 0 Å². The standard InChI is InChI=1S/C18H16ClN3O6S/c1-4-7-28-18-15(19)8-13(9-17(18)27-3)11-20-21-29(25,26)14-6-5-12(2)16(10-14)22(23)24/h1,5-6,8-11,21H,7H2,2-3H3. The Kier molecular flexibility index (Phi) is 7.03. The number of nitro groups is 1. The van der Waals surface area contributed by atoms with Crippen molar-refractivity contribution in [3.63, 3.8) is 0 Å². The number of sulfonamides is 1. The van der Waals surface area contributed by atoms with Crippen LogP contribution in [-0.2, 0) is 10.0 Å². The van der Waals surface area contributed by atoms with E-state index in [1.54, 1.807) is 0 Å². The third kappa shape index (κ3) is 5.37. The van der Waals surface area contributed by atoms with Gasteiger partial charge < -0.3 is 9.47 Å². The predicted octanol–water partition coefficient (Wildman–Crippen LogP) is 2.89. The van der Waals surface area contributed by atoms with Crippen LogP contribution in [0.15, 0.2) is 40.3 Å². The number of benzene rings is 2. The molecule has 152 valence electrons. The maximum atomic E-state index is 12.3. The number of nitrogens with one attached hydrogen (secondary N) is 1. The van der Waals surface area contributed by atoms with Gasteiger partial charge >= 0.3 is 0 Å². The summed E-state index contributed by atoms with van der Waals surface area (Å²) in [6.07, 6.45) is 6.35. The highest BCUT2D eigenvalue weighted by molar-refractivity contribution is 7.89. The molecule has 0 aromatic heterocycles. The monoisotopic (exact) mass is 437 g/mol. The fourth-order valence-corrected chi connectivity index (χ4v) is 3.33. The maximum Gasteiger partial charge on any atom is 0.276 e. The summed E-state index contributed by atoms with van der Waals surface area (Å²) >= 11 is 6.14. The van der Waals surface area contributed by atoms with Crippen molar-refractivity contribution in [2.75, 3.05) is 13.7 Å². The largest absolute Gasteiger partial charge is 0.493 e. The van der Waals surface area contributed by atoms with Crippen molar-refractivity contribution in [2.24, 2.45) is 5.10 Å². The van der Waals surface area contributed by atoms with Gasteiger partial charge in [-0.25, -0.2) is 4.83 Å². The average Bonchev–Trinajstić information content (AvgIpc) is 2.66. The lowest BCUT2D eigenvalue weighted by molar-refractivity contribution is -0.385. The number of aryl methyl sites for hydroxylation is 1. The highest BCUT2D eigenvalue weighted by Crippen LogP contribution is 2.36. The molecule has 2 aromatic rings. The quantitative estimate of drug-likeness (QED) is 0.293. The molecule has 2 rings (SSSR count). The summed E-state index contributed by atoms with van der Waals surface area (Å²) in [4.78, 5) is 12.0. The Morgan fingerprint density at radius 3 is 2.72 bits per heavy atom. The van der Waals surface area contributed by atoms with E-state index >= 15 is 0 Å². The molecular formula is C18H16ClN3O6S. The van der Waals surface area contributed by atoms with E-state index in [2.05, 4.69) is 11.0 Å². The number of hydrazone groups is 1. The molecule has 0 heterocycles. The van der Waals surface area contributed by atoms with E-state index in [1.807, 2.05) is 4.83 Å². The summed E-state index contributed by atoms with van der Waals surface area (Å²) in [6, 6.07) is 6.55. The molecule has 0 saturated carbocycles. The third-order valence-electron chi connectivity index (χ3n) is 3.63. The van der Waals surface area contributed by atoms with E-state index in [1.165, 1.54) is 44.5 Å². The summed E-state index contributed by atoms with van der Waals surface area (Å²) < 4.78 is 35.2. The molecule has 29 heavy (non-hydrogen) atoms. The molecule has 0 saturated heterocycles. The zero-order chi connectivity index (χ0) is 21.6. The molecule has 0 aliphatic carbocycles. The highest BCUT2D eigenvalue weighted by Gasteiger charge is 2.19. The van der Waals surface area contributed by atoms with Crippen LogP contribution in [0.4, 0.5) is 5.69 Å². The zero-order valence-electron chi connectivity index (χ0n) is 15.4. The predicted molar refractivity (Wildman–Crippen MR) is 108 cm³/mol. The van der Waals surface area contributed by atoms with Crippen molar-refractivity contribution in [3.8, 4) is 23.8 Å². The highest BCUT2D eigenvalue weighted by atomic mass is 35.5. The molecule has 9 nitrogen and oxygen atoms in total. The van der Waals surface area contributed by atoms with E-state index in [0.717, 1.165) is 6.07 Å². The van der Waals surface area contributed by atoms with Gasteiger partial charge in [0.2, 0.25) is 0 Å². The van der Waals surface area contributed by atoms with Gasteiger partial charge in [0.05, 0.1) is 28.2 Å². The van der Waals surface area contributed by atoms with Crippen molar-refractivity contribution in [1.82, 2.24) is 4.83 Å². The minimum atomic E-state index is -4.11. The normalized spacial score (nSPS) is 11.1. The second kappa shape index (κ2) is 9.27. The molecule has 11 heteroatoms. The van der Waals surface area contributed by atoms with Crippen LogP contribution in [0.3, 0.4) is 0 Å². The lowest BCUT2D eigenvalue weighted by Crippen LogP contribution is -2.18. The molecule has 0 fully saturated rings. The fourth-order valence-electron chi connectivity index (χ4n) is 2.24. The summed E-state index contributed by atoms with van der Waals surface area (Å²) in [7, 11) is -2.71. The number of halogens is 1. The number of terminal acetylenes is 1.